The summed E-state index contributed by atoms with van der Waals surface area (Å²) in [7, 11) is 0. The SMILES string of the molecule is CC(C)N1C/C(=C\O)N(C(C)C)C(C)C1. The number of hydrogen-bond donors (Lipinski definition) is 1. The van der Waals surface area contributed by atoms with Crippen LogP contribution in [0.15, 0.2) is 12.0 Å². The molecule has 0 aromatic heterocycles. The van der Waals surface area contributed by atoms with Gasteiger partial charge >= 0.3 is 0 Å². The van der Waals surface area contributed by atoms with Crippen LogP contribution in [0.25, 0.3) is 0 Å². The van der Waals surface area contributed by atoms with Crippen LogP contribution in [-0.4, -0.2) is 46.1 Å². The molecule has 0 spiro atoms. The van der Waals surface area contributed by atoms with E-state index in [1.165, 1.54) is 6.26 Å². The Kier molecular flexibility index (Phi) is 4.03. The highest BCUT2D eigenvalue weighted by atomic mass is 16.2. The van der Waals surface area contributed by atoms with Crippen molar-refractivity contribution in [3.8, 4) is 0 Å². The van der Waals surface area contributed by atoms with E-state index in [9.17, 15) is 5.11 Å². The van der Waals surface area contributed by atoms with E-state index in [1.807, 2.05) is 0 Å². The molecular formula is C12H24N2O. The monoisotopic (exact) mass is 212 g/mol. The van der Waals surface area contributed by atoms with E-state index in [2.05, 4.69) is 44.4 Å². The van der Waals surface area contributed by atoms with Crippen molar-refractivity contribution in [1.82, 2.24) is 9.80 Å². The zero-order valence-electron chi connectivity index (χ0n) is 10.6. The Morgan fingerprint density at radius 1 is 1.27 bits per heavy atom. The van der Waals surface area contributed by atoms with Crippen LogP contribution in [0, 0.1) is 0 Å². The molecule has 1 fully saturated rings. The maximum absolute atomic E-state index is 9.30. The summed E-state index contributed by atoms with van der Waals surface area (Å²) in [4.78, 5) is 4.70. The molecule has 1 unspecified atom stereocenters. The molecule has 88 valence electrons. The number of hydrogen-bond acceptors (Lipinski definition) is 3. The predicted octanol–water partition coefficient (Wildman–Crippen LogP) is 2.21. The summed E-state index contributed by atoms with van der Waals surface area (Å²) in [6.45, 7) is 12.9. The van der Waals surface area contributed by atoms with Crippen LogP contribution >= 0.6 is 0 Å². The lowest BCUT2D eigenvalue weighted by Gasteiger charge is -2.46. The maximum Gasteiger partial charge on any atom is 0.0996 e. The standard InChI is InChI=1S/C12H24N2O/c1-9(2)13-6-11(5)14(10(3)4)12(7-13)8-15/h8-11,15H,6-7H2,1-5H3/b12-8+. The van der Waals surface area contributed by atoms with E-state index in [0.717, 1.165) is 18.8 Å². The van der Waals surface area contributed by atoms with Gasteiger partial charge in [-0.25, -0.2) is 0 Å². The highest BCUT2D eigenvalue weighted by molar-refractivity contribution is 5.07. The van der Waals surface area contributed by atoms with Gasteiger partial charge in [-0.3, -0.25) is 4.90 Å². The molecule has 3 heteroatoms. The molecule has 1 atom stereocenters. The van der Waals surface area contributed by atoms with Gasteiger partial charge in [0.2, 0.25) is 0 Å². The number of rotatable bonds is 2. The fraction of sp³-hybridized carbons (Fsp3) is 0.833. The molecule has 1 aliphatic heterocycles. The average Bonchev–Trinajstić information content (AvgIpc) is 2.15. The summed E-state index contributed by atoms with van der Waals surface area (Å²) < 4.78 is 0. The topological polar surface area (TPSA) is 26.7 Å². The third-order valence-corrected chi connectivity index (χ3v) is 3.11. The van der Waals surface area contributed by atoms with Crippen LogP contribution in [0.3, 0.4) is 0 Å². The first kappa shape index (κ1) is 12.4. The quantitative estimate of drug-likeness (QED) is 0.711. The highest BCUT2D eigenvalue weighted by Gasteiger charge is 2.29. The molecule has 3 nitrogen and oxygen atoms in total. The van der Waals surface area contributed by atoms with Crippen LogP contribution in [0.2, 0.25) is 0 Å². The summed E-state index contributed by atoms with van der Waals surface area (Å²) in [5, 5.41) is 9.30. The van der Waals surface area contributed by atoms with Crippen LogP contribution in [0.4, 0.5) is 0 Å². The van der Waals surface area contributed by atoms with Gasteiger partial charge in [0.15, 0.2) is 0 Å². The summed E-state index contributed by atoms with van der Waals surface area (Å²) >= 11 is 0. The second-order valence-corrected chi connectivity index (χ2v) is 4.99. The summed E-state index contributed by atoms with van der Waals surface area (Å²) in [5.74, 6) is 0. The van der Waals surface area contributed by atoms with Gasteiger partial charge < -0.3 is 10.0 Å². The van der Waals surface area contributed by atoms with E-state index in [0.29, 0.717) is 18.1 Å². The minimum Gasteiger partial charge on any atom is -0.514 e. The molecule has 0 aromatic carbocycles. The van der Waals surface area contributed by atoms with Crippen molar-refractivity contribution < 1.29 is 5.11 Å². The molecule has 1 aliphatic rings. The normalized spacial score (nSPS) is 27.0. The molecule has 1 rings (SSSR count). The van der Waals surface area contributed by atoms with Crippen LogP contribution in [0.5, 0.6) is 0 Å². The first-order chi connectivity index (χ1) is 6.97. The van der Waals surface area contributed by atoms with E-state index < -0.39 is 0 Å². The smallest absolute Gasteiger partial charge is 0.0996 e. The van der Waals surface area contributed by atoms with Crippen molar-refractivity contribution in [2.75, 3.05) is 13.1 Å². The zero-order chi connectivity index (χ0) is 11.6. The Balaban J connectivity index is 2.80. The lowest BCUT2D eigenvalue weighted by Crippen LogP contribution is -2.54. The average molecular weight is 212 g/mol. The molecule has 0 aromatic rings. The number of aliphatic hydroxyl groups is 1. The van der Waals surface area contributed by atoms with E-state index in [4.69, 9.17) is 0 Å². The first-order valence-corrected chi connectivity index (χ1v) is 5.83. The minimum atomic E-state index is 0.452. The maximum atomic E-state index is 9.30. The molecule has 1 saturated heterocycles. The Labute approximate surface area is 93.4 Å². The fourth-order valence-electron chi connectivity index (χ4n) is 2.41. The van der Waals surface area contributed by atoms with Crippen LogP contribution < -0.4 is 0 Å². The number of aliphatic hydroxyl groups excluding tert-OH is 1. The fourth-order valence-corrected chi connectivity index (χ4v) is 2.41. The summed E-state index contributed by atoms with van der Waals surface area (Å²) in [6.07, 6.45) is 1.27. The second-order valence-electron chi connectivity index (χ2n) is 4.99. The lowest BCUT2D eigenvalue weighted by molar-refractivity contribution is 0.0794. The third-order valence-electron chi connectivity index (χ3n) is 3.11. The van der Waals surface area contributed by atoms with Crippen LogP contribution in [0.1, 0.15) is 34.6 Å². The van der Waals surface area contributed by atoms with Gasteiger partial charge in [-0.2, -0.15) is 0 Å². The Hall–Kier alpha value is -0.700. The van der Waals surface area contributed by atoms with E-state index in [-0.39, 0.29) is 0 Å². The number of piperazine rings is 1. The van der Waals surface area contributed by atoms with Gasteiger partial charge in [-0.15, -0.1) is 0 Å². The second kappa shape index (κ2) is 4.88. The molecule has 0 aliphatic carbocycles. The molecule has 0 saturated carbocycles. The van der Waals surface area contributed by atoms with Gasteiger partial charge in [0, 0.05) is 31.2 Å². The predicted molar refractivity (Wildman–Crippen MR) is 63.9 cm³/mol. The van der Waals surface area contributed by atoms with Crippen molar-refractivity contribution in [2.24, 2.45) is 0 Å². The van der Waals surface area contributed by atoms with Crippen molar-refractivity contribution in [1.29, 1.82) is 0 Å². The van der Waals surface area contributed by atoms with Gasteiger partial charge in [-0.05, 0) is 34.6 Å². The molecule has 15 heavy (non-hydrogen) atoms. The van der Waals surface area contributed by atoms with Crippen molar-refractivity contribution >= 4 is 0 Å². The lowest BCUT2D eigenvalue weighted by atomic mass is 10.1. The zero-order valence-corrected chi connectivity index (χ0v) is 10.6. The molecule has 0 amide bonds. The minimum absolute atomic E-state index is 0.452. The van der Waals surface area contributed by atoms with Gasteiger partial charge in [0.1, 0.15) is 0 Å². The Morgan fingerprint density at radius 3 is 2.27 bits per heavy atom. The van der Waals surface area contributed by atoms with Gasteiger partial charge in [-0.1, -0.05) is 0 Å². The van der Waals surface area contributed by atoms with Crippen molar-refractivity contribution in [2.45, 2.75) is 52.7 Å². The molecule has 0 bridgehead atoms. The molecule has 1 N–H and O–H groups in total. The van der Waals surface area contributed by atoms with Crippen molar-refractivity contribution in [3.05, 3.63) is 12.0 Å². The third kappa shape index (κ3) is 2.65. The molecule has 0 radical (unpaired) electrons. The van der Waals surface area contributed by atoms with E-state index in [1.54, 1.807) is 0 Å². The van der Waals surface area contributed by atoms with Crippen LogP contribution in [-0.2, 0) is 0 Å². The van der Waals surface area contributed by atoms with E-state index >= 15 is 0 Å². The Bertz CT molecular complexity index is 236. The van der Waals surface area contributed by atoms with Crippen molar-refractivity contribution in [3.63, 3.8) is 0 Å². The Morgan fingerprint density at radius 2 is 1.87 bits per heavy atom. The summed E-state index contributed by atoms with van der Waals surface area (Å²) in [5.41, 5.74) is 1.04. The molecule has 1 heterocycles. The van der Waals surface area contributed by atoms with Gasteiger partial charge in [0.25, 0.3) is 0 Å². The summed E-state index contributed by atoms with van der Waals surface area (Å²) in [6, 6.07) is 1.46. The first-order valence-electron chi connectivity index (χ1n) is 5.83. The number of nitrogens with zero attached hydrogens (tertiary/aromatic N) is 2. The van der Waals surface area contributed by atoms with Gasteiger partial charge in [0.05, 0.1) is 12.0 Å². The highest BCUT2D eigenvalue weighted by Crippen LogP contribution is 2.22. The molecular weight excluding hydrogens is 188 g/mol. The largest absolute Gasteiger partial charge is 0.514 e.